The summed E-state index contributed by atoms with van der Waals surface area (Å²) in [4.78, 5) is 15.5. The molecule has 2 heterocycles. The quantitative estimate of drug-likeness (QED) is 0.511. The minimum Gasteiger partial charge on any atom is -0.464 e. The molecule has 0 aliphatic carbocycles. The number of ether oxygens (including phenoxy) is 1. The second kappa shape index (κ2) is 8.92. The molecule has 5 heteroatoms. The van der Waals surface area contributed by atoms with E-state index >= 15 is 0 Å². The number of benzene rings is 3. The van der Waals surface area contributed by atoms with Crippen LogP contribution in [0.1, 0.15) is 17.2 Å². The Morgan fingerprint density at radius 1 is 0.968 bits per heavy atom. The van der Waals surface area contributed by atoms with Gasteiger partial charge in [0, 0.05) is 30.6 Å². The Bertz CT molecular complexity index is 1180. The van der Waals surface area contributed by atoms with Crippen LogP contribution in [0.5, 0.6) is 0 Å². The first-order valence-electron chi connectivity index (χ1n) is 10.8. The number of rotatable bonds is 6. The van der Waals surface area contributed by atoms with Gasteiger partial charge in [0.25, 0.3) is 0 Å². The molecule has 1 aliphatic rings. The van der Waals surface area contributed by atoms with Crippen molar-refractivity contribution in [1.29, 1.82) is 0 Å². The van der Waals surface area contributed by atoms with Crippen molar-refractivity contribution in [3.63, 3.8) is 0 Å². The summed E-state index contributed by atoms with van der Waals surface area (Å²) in [5.41, 5.74) is 2.85. The first-order chi connectivity index (χ1) is 15.3. The molecule has 4 aromatic rings. The van der Waals surface area contributed by atoms with Gasteiger partial charge in [-0.3, -0.25) is 9.69 Å². The summed E-state index contributed by atoms with van der Waals surface area (Å²) in [6.07, 6.45) is 2.00. The van der Waals surface area contributed by atoms with Crippen LogP contribution in [0.3, 0.4) is 0 Å². The molecule has 0 saturated carbocycles. The Labute approximate surface area is 181 Å². The Hall–Kier alpha value is -3.15. The van der Waals surface area contributed by atoms with Crippen LogP contribution >= 0.6 is 0 Å². The average molecular weight is 415 g/mol. The van der Waals surface area contributed by atoms with E-state index in [-0.39, 0.29) is 18.4 Å². The summed E-state index contributed by atoms with van der Waals surface area (Å²) in [7, 11) is 0. The topological polar surface area (TPSA) is 54.7 Å². The smallest absolute Gasteiger partial charge is 0.225 e. The maximum atomic E-state index is 13.1. The molecule has 5 nitrogen and oxygen atoms in total. The molecule has 3 aromatic carbocycles. The van der Waals surface area contributed by atoms with Crippen LogP contribution in [-0.2, 0) is 16.0 Å². The maximum Gasteiger partial charge on any atom is 0.225 e. The van der Waals surface area contributed by atoms with Crippen LogP contribution in [0.2, 0.25) is 0 Å². The highest BCUT2D eigenvalue weighted by molar-refractivity contribution is 6.08. The Morgan fingerprint density at radius 2 is 1.74 bits per heavy atom. The fourth-order valence-corrected chi connectivity index (χ4v) is 4.38. The molecular formula is C26H26N2O3. The highest BCUT2D eigenvalue weighted by atomic mass is 16.5. The van der Waals surface area contributed by atoms with Crippen molar-refractivity contribution < 1.29 is 13.9 Å². The summed E-state index contributed by atoms with van der Waals surface area (Å²) in [5.74, 6) is -0.00209. The minimum absolute atomic E-state index is 0.00209. The van der Waals surface area contributed by atoms with E-state index in [9.17, 15) is 4.79 Å². The van der Waals surface area contributed by atoms with Gasteiger partial charge in [-0.25, -0.2) is 0 Å². The second-order valence-electron chi connectivity index (χ2n) is 8.04. The van der Waals surface area contributed by atoms with Gasteiger partial charge >= 0.3 is 0 Å². The van der Waals surface area contributed by atoms with Crippen molar-refractivity contribution in [3.8, 4) is 0 Å². The number of amides is 1. The molecule has 1 atom stereocenters. The molecule has 0 radical (unpaired) electrons. The summed E-state index contributed by atoms with van der Waals surface area (Å²) in [5, 5.41) is 6.56. The normalized spacial score (nSPS) is 15.9. The van der Waals surface area contributed by atoms with Crippen molar-refractivity contribution >= 4 is 27.6 Å². The van der Waals surface area contributed by atoms with E-state index in [4.69, 9.17) is 9.15 Å². The molecule has 1 N–H and O–H groups in total. The Kier molecular flexibility index (Phi) is 5.69. The molecule has 1 fully saturated rings. The lowest BCUT2D eigenvalue weighted by Crippen LogP contribution is -2.43. The zero-order valence-electron chi connectivity index (χ0n) is 17.4. The van der Waals surface area contributed by atoms with E-state index in [1.807, 2.05) is 36.4 Å². The number of hydrogen-bond donors (Lipinski definition) is 1. The molecule has 1 saturated heterocycles. The number of nitrogens with zero attached hydrogens (tertiary/aromatic N) is 1. The van der Waals surface area contributed by atoms with Crippen molar-refractivity contribution in [3.05, 3.63) is 84.1 Å². The second-order valence-corrected chi connectivity index (χ2v) is 8.04. The van der Waals surface area contributed by atoms with Crippen LogP contribution in [0.15, 0.2) is 77.4 Å². The van der Waals surface area contributed by atoms with Crippen LogP contribution in [-0.4, -0.2) is 43.7 Å². The van der Waals surface area contributed by atoms with Crippen molar-refractivity contribution in [1.82, 2.24) is 10.2 Å². The van der Waals surface area contributed by atoms with E-state index in [0.717, 1.165) is 65.7 Å². The van der Waals surface area contributed by atoms with Crippen molar-refractivity contribution in [2.75, 3.05) is 32.8 Å². The molecule has 1 aliphatic heterocycles. The van der Waals surface area contributed by atoms with Gasteiger partial charge in [-0.05, 0) is 22.4 Å². The molecular weight excluding hydrogens is 388 g/mol. The summed E-state index contributed by atoms with van der Waals surface area (Å²) < 4.78 is 11.2. The van der Waals surface area contributed by atoms with Crippen molar-refractivity contribution in [2.45, 2.75) is 12.5 Å². The lowest BCUT2D eigenvalue weighted by Gasteiger charge is -2.31. The fraction of sp³-hybridized carbons (Fsp3) is 0.269. The number of furan rings is 1. The molecule has 1 aromatic heterocycles. The van der Waals surface area contributed by atoms with Gasteiger partial charge in [-0.15, -0.1) is 0 Å². The maximum absolute atomic E-state index is 13.1. The standard InChI is InChI=1S/C26H26N2O3/c29-25(16-21-18-31-24-11-10-19-6-4-5-9-22(19)26(21)24)27-23(20-7-2-1-3-8-20)17-28-12-14-30-15-13-28/h1-11,18,23H,12-17H2,(H,27,29)/t23-/m0/s1. The summed E-state index contributed by atoms with van der Waals surface area (Å²) in [6, 6.07) is 22.4. The largest absolute Gasteiger partial charge is 0.464 e. The number of hydrogen-bond acceptors (Lipinski definition) is 4. The molecule has 0 bridgehead atoms. The van der Waals surface area contributed by atoms with Gasteiger partial charge in [0.2, 0.25) is 5.91 Å². The number of morpholine rings is 1. The highest BCUT2D eigenvalue weighted by Gasteiger charge is 2.21. The SMILES string of the molecule is O=C(Cc1coc2ccc3ccccc3c12)N[C@@H](CN1CCOCC1)c1ccccc1. The van der Waals surface area contributed by atoms with Gasteiger partial charge in [0.15, 0.2) is 0 Å². The number of carbonyl (C=O) groups is 1. The molecule has 1 amide bonds. The monoisotopic (exact) mass is 414 g/mol. The van der Waals surface area contributed by atoms with E-state index in [0.29, 0.717) is 0 Å². The molecule has 0 spiro atoms. The first kappa shape index (κ1) is 19.8. The van der Waals surface area contributed by atoms with Crippen LogP contribution in [0.4, 0.5) is 0 Å². The Morgan fingerprint density at radius 3 is 2.58 bits per heavy atom. The minimum atomic E-state index is -0.0679. The molecule has 31 heavy (non-hydrogen) atoms. The number of nitrogens with one attached hydrogen (secondary N) is 1. The van der Waals surface area contributed by atoms with Crippen LogP contribution in [0.25, 0.3) is 21.7 Å². The van der Waals surface area contributed by atoms with Gasteiger partial charge in [-0.1, -0.05) is 60.7 Å². The predicted octanol–water partition coefficient (Wildman–Crippen LogP) is 4.32. The molecule has 5 rings (SSSR count). The van der Waals surface area contributed by atoms with Gasteiger partial charge in [0.1, 0.15) is 5.58 Å². The lowest BCUT2D eigenvalue weighted by molar-refractivity contribution is -0.121. The zero-order chi connectivity index (χ0) is 21.0. The first-order valence-corrected chi connectivity index (χ1v) is 10.8. The third-order valence-electron chi connectivity index (χ3n) is 5.97. The molecule has 0 unspecified atom stereocenters. The van der Waals surface area contributed by atoms with Gasteiger partial charge in [-0.2, -0.15) is 0 Å². The van der Waals surface area contributed by atoms with E-state index < -0.39 is 0 Å². The van der Waals surface area contributed by atoms with E-state index in [2.05, 4.69) is 40.5 Å². The summed E-state index contributed by atoms with van der Waals surface area (Å²) in [6.45, 7) is 4.02. The highest BCUT2D eigenvalue weighted by Crippen LogP contribution is 2.30. The van der Waals surface area contributed by atoms with Crippen LogP contribution < -0.4 is 5.32 Å². The summed E-state index contributed by atoms with van der Waals surface area (Å²) >= 11 is 0. The lowest BCUT2D eigenvalue weighted by atomic mass is 10.0. The van der Waals surface area contributed by atoms with Gasteiger partial charge in [0.05, 0.1) is 31.9 Å². The number of carbonyl (C=O) groups excluding carboxylic acids is 1. The average Bonchev–Trinajstić information content (AvgIpc) is 3.23. The van der Waals surface area contributed by atoms with Gasteiger partial charge < -0.3 is 14.5 Å². The zero-order valence-corrected chi connectivity index (χ0v) is 17.4. The Balaban J connectivity index is 1.38. The fourth-order valence-electron chi connectivity index (χ4n) is 4.38. The van der Waals surface area contributed by atoms with E-state index in [1.54, 1.807) is 6.26 Å². The van der Waals surface area contributed by atoms with Crippen LogP contribution in [0, 0.1) is 0 Å². The number of fused-ring (bicyclic) bond motifs is 3. The van der Waals surface area contributed by atoms with Crippen molar-refractivity contribution in [2.24, 2.45) is 0 Å². The van der Waals surface area contributed by atoms with E-state index in [1.165, 1.54) is 0 Å². The predicted molar refractivity (Wildman–Crippen MR) is 122 cm³/mol. The molecule has 158 valence electrons. The third kappa shape index (κ3) is 4.33. The third-order valence-corrected chi connectivity index (χ3v) is 5.97.